The Morgan fingerprint density at radius 1 is 1.31 bits per heavy atom. The average Bonchev–Trinajstić information content (AvgIpc) is 2.34. The molecule has 86 valence electrons. The third-order valence-electron chi connectivity index (χ3n) is 2.26. The molecular formula is C14H18O2. The molecule has 0 aromatic heterocycles. The lowest BCUT2D eigenvalue weighted by molar-refractivity contribution is -0.105. The molecule has 1 aromatic rings. The van der Waals surface area contributed by atoms with E-state index < -0.39 is 0 Å². The number of hydrogen-bond donors (Lipinski definition) is 0. The SMILES string of the molecule is CCC/C(C=O)=C\COCc1ccccc1. The molecule has 0 radical (unpaired) electrons. The van der Waals surface area contributed by atoms with Crippen molar-refractivity contribution in [3.05, 3.63) is 47.5 Å². The molecule has 0 amide bonds. The Labute approximate surface area is 96.9 Å². The highest BCUT2D eigenvalue weighted by Gasteiger charge is 1.94. The molecule has 1 aromatic carbocycles. The van der Waals surface area contributed by atoms with Crippen LogP contribution in [-0.4, -0.2) is 12.9 Å². The molecule has 0 atom stereocenters. The van der Waals surface area contributed by atoms with Crippen LogP contribution in [0.2, 0.25) is 0 Å². The number of aldehydes is 1. The van der Waals surface area contributed by atoms with Crippen LogP contribution < -0.4 is 0 Å². The monoisotopic (exact) mass is 218 g/mol. The molecule has 0 saturated heterocycles. The summed E-state index contributed by atoms with van der Waals surface area (Å²) in [5, 5.41) is 0. The maximum atomic E-state index is 10.6. The minimum absolute atomic E-state index is 0.503. The van der Waals surface area contributed by atoms with E-state index in [-0.39, 0.29) is 0 Å². The topological polar surface area (TPSA) is 26.3 Å². The predicted octanol–water partition coefficient (Wildman–Crippen LogP) is 3.13. The first kappa shape index (κ1) is 12.7. The largest absolute Gasteiger partial charge is 0.373 e. The molecule has 0 saturated carbocycles. The van der Waals surface area contributed by atoms with Gasteiger partial charge in [-0.05, 0) is 17.6 Å². The molecule has 16 heavy (non-hydrogen) atoms. The Bertz CT molecular complexity index is 328. The van der Waals surface area contributed by atoms with Crippen molar-refractivity contribution in [3.63, 3.8) is 0 Å². The number of hydrogen-bond acceptors (Lipinski definition) is 2. The van der Waals surface area contributed by atoms with E-state index in [9.17, 15) is 4.79 Å². The van der Waals surface area contributed by atoms with E-state index in [4.69, 9.17) is 4.74 Å². The Morgan fingerprint density at radius 3 is 2.69 bits per heavy atom. The highest BCUT2D eigenvalue weighted by molar-refractivity contribution is 5.72. The van der Waals surface area contributed by atoms with E-state index in [0.29, 0.717) is 13.2 Å². The zero-order valence-corrected chi connectivity index (χ0v) is 9.69. The van der Waals surface area contributed by atoms with Crippen LogP contribution in [0.5, 0.6) is 0 Å². The van der Waals surface area contributed by atoms with Crippen molar-refractivity contribution >= 4 is 6.29 Å². The summed E-state index contributed by atoms with van der Waals surface area (Å²) in [7, 11) is 0. The third-order valence-corrected chi connectivity index (χ3v) is 2.26. The molecule has 2 nitrogen and oxygen atoms in total. The average molecular weight is 218 g/mol. The number of benzene rings is 1. The highest BCUT2D eigenvalue weighted by Crippen LogP contribution is 2.03. The molecule has 0 fully saturated rings. The standard InChI is InChI=1S/C14H18O2/c1-2-6-13(11-15)9-10-16-12-14-7-4-3-5-8-14/h3-5,7-9,11H,2,6,10,12H2,1H3/b13-9+. The van der Waals surface area contributed by atoms with E-state index in [1.807, 2.05) is 36.4 Å². The van der Waals surface area contributed by atoms with Crippen LogP contribution in [0.4, 0.5) is 0 Å². The van der Waals surface area contributed by atoms with Gasteiger partial charge in [0.05, 0.1) is 13.2 Å². The fraction of sp³-hybridized carbons (Fsp3) is 0.357. The number of allylic oxidation sites excluding steroid dienone is 1. The number of rotatable bonds is 7. The number of carbonyl (C=O) groups excluding carboxylic acids is 1. The first-order valence-electron chi connectivity index (χ1n) is 5.62. The minimum Gasteiger partial charge on any atom is -0.373 e. The minimum atomic E-state index is 0.503. The van der Waals surface area contributed by atoms with Gasteiger partial charge in [-0.15, -0.1) is 0 Å². The smallest absolute Gasteiger partial charge is 0.145 e. The molecular weight excluding hydrogens is 200 g/mol. The van der Waals surface area contributed by atoms with Gasteiger partial charge in [0, 0.05) is 0 Å². The van der Waals surface area contributed by atoms with Crippen LogP contribution in [-0.2, 0) is 16.1 Å². The van der Waals surface area contributed by atoms with Gasteiger partial charge in [0.25, 0.3) is 0 Å². The van der Waals surface area contributed by atoms with Gasteiger partial charge in [0.15, 0.2) is 0 Å². The summed E-state index contributed by atoms with van der Waals surface area (Å²) in [4.78, 5) is 10.6. The molecule has 0 N–H and O–H groups in total. The van der Waals surface area contributed by atoms with E-state index in [1.165, 1.54) is 0 Å². The van der Waals surface area contributed by atoms with Gasteiger partial charge >= 0.3 is 0 Å². The number of ether oxygens (including phenoxy) is 1. The second kappa shape index (κ2) is 7.83. The molecule has 0 bridgehead atoms. The van der Waals surface area contributed by atoms with Crippen molar-refractivity contribution in [2.45, 2.75) is 26.4 Å². The Balaban J connectivity index is 2.28. The lowest BCUT2D eigenvalue weighted by Crippen LogP contribution is -1.95. The van der Waals surface area contributed by atoms with Gasteiger partial charge in [0.1, 0.15) is 6.29 Å². The van der Waals surface area contributed by atoms with E-state index in [1.54, 1.807) is 0 Å². The van der Waals surface area contributed by atoms with E-state index >= 15 is 0 Å². The first-order valence-corrected chi connectivity index (χ1v) is 5.62. The Morgan fingerprint density at radius 2 is 2.06 bits per heavy atom. The third kappa shape index (κ3) is 4.89. The summed E-state index contributed by atoms with van der Waals surface area (Å²) in [6.45, 7) is 3.15. The van der Waals surface area contributed by atoms with Gasteiger partial charge in [0.2, 0.25) is 0 Å². The normalized spacial score (nSPS) is 11.4. The van der Waals surface area contributed by atoms with E-state index in [2.05, 4.69) is 6.92 Å². The van der Waals surface area contributed by atoms with Crippen molar-refractivity contribution in [3.8, 4) is 0 Å². The zero-order valence-electron chi connectivity index (χ0n) is 9.69. The molecule has 1 rings (SSSR count). The second-order valence-electron chi connectivity index (χ2n) is 3.65. The van der Waals surface area contributed by atoms with Crippen LogP contribution in [0.25, 0.3) is 0 Å². The molecule has 0 spiro atoms. The van der Waals surface area contributed by atoms with Crippen molar-refractivity contribution in [1.82, 2.24) is 0 Å². The summed E-state index contributed by atoms with van der Waals surface area (Å²) < 4.78 is 5.46. The highest BCUT2D eigenvalue weighted by atomic mass is 16.5. The second-order valence-corrected chi connectivity index (χ2v) is 3.65. The summed E-state index contributed by atoms with van der Waals surface area (Å²) in [5.74, 6) is 0. The summed E-state index contributed by atoms with van der Waals surface area (Å²) in [5.41, 5.74) is 1.98. The molecule has 0 aliphatic carbocycles. The van der Waals surface area contributed by atoms with Gasteiger partial charge in [-0.1, -0.05) is 49.8 Å². The van der Waals surface area contributed by atoms with Crippen LogP contribution in [0.1, 0.15) is 25.3 Å². The van der Waals surface area contributed by atoms with Crippen LogP contribution in [0, 0.1) is 0 Å². The van der Waals surface area contributed by atoms with Gasteiger partial charge < -0.3 is 4.74 Å². The van der Waals surface area contributed by atoms with Gasteiger partial charge in [-0.2, -0.15) is 0 Å². The molecule has 0 unspecified atom stereocenters. The summed E-state index contributed by atoms with van der Waals surface area (Å²) in [6, 6.07) is 10.0. The molecule has 0 heterocycles. The number of carbonyl (C=O) groups is 1. The Hall–Kier alpha value is -1.41. The summed E-state index contributed by atoms with van der Waals surface area (Å²) >= 11 is 0. The Kier molecular flexibility index (Phi) is 6.19. The van der Waals surface area contributed by atoms with Crippen LogP contribution in [0.15, 0.2) is 42.0 Å². The molecule has 0 aliphatic heterocycles. The lowest BCUT2D eigenvalue weighted by atomic mass is 10.1. The van der Waals surface area contributed by atoms with E-state index in [0.717, 1.165) is 30.3 Å². The maximum Gasteiger partial charge on any atom is 0.145 e. The van der Waals surface area contributed by atoms with Crippen LogP contribution >= 0.6 is 0 Å². The lowest BCUT2D eigenvalue weighted by Gasteiger charge is -2.02. The fourth-order valence-electron chi connectivity index (χ4n) is 1.41. The van der Waals surface area contributed by atoms with Gasteiger partial charge in [-0.3, -0.25) is 4.79 Å². The summed E-state index contributed by atoms with van der Waals surface area (Å²) in [6.07, 6.45) is 4.59. The van der Waals surface area contributed by atoms with Crippen LogP contribution in [0.3, 0.4) is 0 Å². The maximum absolute atomic E-state index is 10.6. The molecule has 2 heteroatoms. The van der Waals surface area contributed by atoms with Crippen molar-refractivity contribution in [2.24, 2.45) is 0 Å². The van der Waals surface area contributed by atoms with Crippen molar-refractivity contribution in [2.75, 3.05) is 6.61 Å². The quantitative estimate of drug-likeness (QED) is 0.399. The predicted molar refractivity (Wildman–Crippen MR) is 65.2 cm³/mol. The molecule has 0 aliphatic rings. The zero-order chi connectivity index (χ0) is 11.6. The van der Waals surface area contributed by atoms with Crippen molar-refractivity contribution in [1.29, 1.82) is 0 Å². The first-order chi connectivity index (χ1) is 7.86. The fourth-order valence-corrected chi connectivity index (χ4v) is 1.41. The van der Waals surface area contributed by atoms with Crippen molar-refractivity contribution < 1.29 is 9.53 Å². The van der Waals surface area contributed by atoms with Gasteiger partial charge in [-0.25, -0.2) is 0 Å².